The van der Waals surface area contributed by atoms with Gasteiger partial charge in [-0.25, -0.2) is 14.8 Å². The number of nitrogens with one attached hydrogen (secondary N) is 2. The lowest BCUT2D eigenvalue weighted by Gasteiger charge is -2.10. The third-order valence-electron chi connectivity index (χ3n) is 4.30. The molecule has 166 valence electrons. The molecule has 33 heavy (non-hydrogen) atoms. The van der Waals surface area contributed by atoms with Crippen molar-refractivity contribution in [1.82, 2.24) is 19.9 Å². The highest BCUT2D eigenvalue weighted by atomic mass is 35.5. The number of hydrogen-bond donors (Lipinski definition) is 2. The lowest BCUT2D eigenvalue weighted by Crippen LogP contribution is -2.06. The van der Waals surface area contributed by atoms with Gasteiger partial charge in [0.1, 0.15) is 16.7 Å². The zero-order valence-corrected chi connectivity index (χ0v) is 18.6. The lowest BCUT2D eigenvalue weighted by molar-refractivity contribution is 0.415. The quantitative estimate of drug-likeness (QED) is 0.201. The summed E-state index contributed by atoms with van der Waals surface area (Å²) in [5.41, 5.74) is 4.18. The molecule has 0 aliphatic carbocycles. The maximum Gasteiger partial charge on any atom is 0.248 e. The van der Waals surface area contributed by atoms with Gasteiger partial charge in [-0.15, -0.1) is 0 Å². The highest BCUT2D eigenvalue weighted by Gasteiger charge is 2.16. The lowest BCUT2D eigenvalue weighted by atomic mass is 10.2. The van der Waals surface area contributed by atoms with E-state index in [1.807, 2.05) is 24.3 Å². The van der Waals surface area contributed by atoms with E-state index in [0.717, 1.165) is 11.3 Å². The molecule has 0 saturated heterocycles. The Kier molecular flexibility index (Phi) is 6.92. The maximum absolute atomic E-state index is 14.5. The Hall–Kier alpha value is -3.82. The molecule has 0 aliphatic heterocycles. The van der Waals surface area contributed by atoms with Gasteiger partial charge in [-0.1, -0.05) is 29.3 Å². The summed E-state index contributed by atoms with van der Waals surface area (Å²) in [5, 5.41) is 7.64. The summed E-state index contributed by atoms with van der Waals surface area (Å²) in [6.07, 6.45) is 3.09. The number of hydrogen-bond acceptors (Lipinski definition) is 8. The fraction of sp³-hybridized carbons (Fsp3) is 0.0455. The van der Waals surface area contributed by atoms with Crippen LogP contribution in [-0.4, -0.2) is 33.3 Å². The van der Waals surface area contributed by atoms with E-state index in [-0.39, 0.29) is 28.3 Å². The van der Waals surface area contributed by atoms with Crippen molar-refractivity contribution in [3.05, 3.63) is 82.4 Å². The third kappa shape index (κ3) is 5.71. The molecule has 4 aromatic rings. The fourth-order valence-corrected chi connectivity index (χ4v) is 3.10. The zero-order valence-electron chi connectivity index (χ0n) is 17.1. The minimum absolute atomic E-state index is 0.0275. The van der Waals surface area contributed by atoms with Crippen LogP contribution in [0.4, 0.5) is 22.0 Å². The van der Waals surface area contributed by atoms with Crippen LogP contribution in [0.5, 0.6) is 5.75 Å². The molecule has 2 aromatic heterocycles. The molecule has 2 heterocycles. The summed E-state index contributed by atoms with van der Waals surface area (Å²) >= 11 is 12.0. The number of halogens is 3. The summed E-state index contributed by atoms with van der Waals surface area (Å²) in [4.78, 5) is 16.9. The van der Waals surface area contributed by atoms with Crippen molar-refractivity contribution in [2.75, 3.05) is 17.9 Å². The van der Waals surface area contributed by atoms with Gasteiger partial charge in [-0.3, -0.25) is 0 Å². The summed E-state index contributed by atoms with van der Waals surface area (Å²) < 4.78 is 19.7. The van der Waals surface area contributed by atoms with E-state index >= 15 is 0 Å². The molecular weight excluding hydrogens is 468 g/mol. The van der Waals surface area contributed by atoms with Crippen molar-refractivity contribution < 1.29 is 9.13 Å². The molecule has 0 saturated carbocycles. The predicted molar refractivity (Wildman–Crippen MR) is 127 cm³/mol. The Balaban J connectivity index is 1.65. The van der Waals surface area contributed by atoms with Crippen molar-refractivity contribution in [2.45, 2.75) is 0 Å². The predicted octanol–water partition coefficient (Wildman–Crippen LogP) is 5.58. The van der Waals surface area contributed by atoms with E-state index in [1.165, 1.54) is 18.3 Å². The standard InChI is InChI=1S/C22H16Cl2FN7O/c1-33-15-8-5-13(6-9-15)11-27-32-22-30-20(19-16(23)3-2-4-17(19)25)29-21(31-22)28-14-7-10-18(24)26-12-14/h2-12H,1H3,(H2,28,29,30,31,32)/b27-11+. The molecule has 4 rings (SSSR count). The van der Waals surface area contributed by atoms with Gasteiger partial charge in [-0.2, -0.15) is 20.1 Å². The van der Waals surface area contributed by atoms with Gasteiger partial charge >= 0.3 is 0 Å². The second-order valence-corrected chi connectivity index (χ2v) is 7.34. The molecule has 0 spiro atoms. The van der Waals surface area contributed by atoms with Crippen LogP contribution in [0.2, 0.25) is 10.2 Å². The first-order chi connectivity index (χ1) is 16.0. The first kappa shape index (κ1) is 22.4. The molecule has 0 radical (unpaired) electrons. The molecule has 8 nitrogen and oxygen atoms in total. The van der Waals surface area contributed by atoms with Crippen molar-refractivity contribution in [3.8, 4) is 17.1 Å². The minimum Gasteiger partial charge on any atom is -0.497 e. The normalized spacial score (nSPS) is 10.9. The van der Waals surface area contributed by atoms with E-state index in [4.69, 9.17) is 27.9 Å². The van der Waals surface area contributed by atoms with Crippen LogP contribution in [0.3, 0.4) is 0 Å². The number of anilines is 3. The molecule has 2 N–H and O–H groups in total. The average molecular weight is 484 g/mol. The van der Waals surface area contributed by atoms with Crippen LogP contribution in [0, 0.1) is 5.82 Å². The molecule has 0 fully saturated rings. The highest BCUT2D eigenvalue weighted by molar-refractivity contribution is 6.33. The van der Waals surface area contributed by atoms with Gasteiger partial charge < -0.3 is 10.1 Å². The van der Waals surface area contributed by atoms with Crippen molar-refractivity contribution in [3.63, 3.8) is 0 Å². The molecule has 0 aliphatic rings. The number of aromatic nitrogens is 4. The number of hydrazone groups is 1. The molecular formula is C22H16Cl2FN7O. The number of nitrogens with zero attached hydrogens (tertiary/aromatic N) is 5. The Morgan fingerprint density at radius 3 is 2.45 bits per heavy atom. The van der Waals surface area contributed by atoms with Gasteiger partial charge in [0, 0.05) is 0 Å². The summed E-state index contributed by atoms with van der Waals surface area (Å²) in [6, 6.07) is 14.9. The van der Waals surface area contributed by atoms with Gasteiger partial charge in [0.25, 0.3) is 0 Å². The number of methoxy groups -OCH3 is 1. The number of rotatable bonds is 7. The number of ether oxygens (including phenoxy) is 1. The van der Waals surface area contributed by atoms with Crippen LogP contribution < -0.4 is 15.5 Å². The first-order valence-electron chi connectivity index (χ1n) is 9.54. The fourth-order valence-electron chi connectivity index (χ4n) is 2.74. The van der Waals surface area contributed by atoms with Crippen LogP contribution in [-0.2, 0) is 0 Å². The van der Waals surface area contributed by atoms with Gasteiger partial charge in [-0.05, 0) is 54.1 Å². The Bertz CT molecular complexity index is 1260. The van der Waals surface area contributed by atoms with Crippen LogP contribution >= 0.6 is 23.2 Å². The minimum atomic E-state index is -0.569. The van der Waals surface area contributed by atoms with Crippen molar-refractivity contribution in [2.24, 2.45) is 5.10 Å². The second-order valence-electron chi connectivity index (χ2n) is 6.54. The maximum atomic E-state index is 14.5. The number of pyridine rings is 1. The second kappa shape index (κ2) is 10.2. The Morgan fingerprint density at radius 1 is 0.970 bits per heavy atom. The van der Waals surface area contributed by atoms with Gasteiger partial charge in [0.15, 0.2) is 5.82 Å². The highest BCUT2D eigenvalue weighted by Crippen LogP contribution is 2.29. The number of benzene rings is 2. The average Bonchev–Trinajstić information content (AvgIpc) is 2.81. The summed E-state index contributed by atoms with van der Waals surface area (Å²) in [6.45, 7) is 0. The topological polar surface area (TPSA) is 97.2 Å². The third-order valence-corrected chi connectivity index (χ3v) is 4.84. The van der Waals surface area contributed by atoms with E-state index in [9.17, 15) is 4.39 Å². The molecule has 0 unspecified atom stereocenters. The molecule has 0 atom stereocenters. The smallest absolute Gasteiger partial charge is 0.248 e. The largest absolute Gasteiger partial charge is 0.497 e. The Labute approximate surface area is 198 Å². The van der Waals surface area contributed by atoms with E-state index in [1.54, 1.807) is 31.5 Å². The van der Waals surface area contributed by atoms with Crippen LogP contribution in [0.25, 0.3) is 11.4 Å². The monoisotopic (exact) mass is 483 g/mol. The van der Waals surface area contributed by atoms with Crippen molar-refractivity contribution in [1.29, 1.82) is 0 Å². The van der Waals surface area contributed by atoms with E-state index in [2.05, 4.69) is 35.8 Å². The Morgan fingerprint density at radius 2 is 1.76 bits per heavy atom. The molecule has 0 amide bonds. The molecule has 0 bridgehead atoms. The SMILES string of the molecule is COc1ccc(/C=N/Nc2nc(Nc3ccc(Cl)nc3)nc(-c3c(F)cccc3Cl)n2)cc1. The van der Waals surface area contributed by atoms with E-state index in [0.29, 0.717) is 10.8 Å². The molecule has 11 heteroatoms. The van der Waals surface area contributed by atoms with Crippen LogP contribution in [0.1, 0.15) is 5.56 Å². The van der Waals surface area contributed by atoms with Gasteiger partial charge in [0.2, 0.25) is 11.9 Å². The summed E-state index contributed by atoms with van der Waals surface area (Å²) in [5.74, 6) is 0.399. The first-order valence-corrected chi connectivity index (χ1v) is 10.3. The van der Waals surface area contributed by atoms with E-state index < -0.39 is 5.82 Å². The summed E-state index contributed by atoms with van der Waals surface area (Å²) in [7, 11) is 1.59. The van der Waals surface area contributed by atoms with Crippen LogP contribution in [0.15, 0.2) is 65.9 Å². The molecule has 2 aromatic carbocycles. The van der Waals surface area contributed by atoms with Crippen molar-refractivity contribution >= 4 is 47.0 Å². The zero-order chi connectivity index (χ0) is 23.2. The van der Waals surface area contributed by atoms with Gasteiger partial charge in [0.05, 0.1) is 35.8 Å².